The lowest BCUT2D eigenvalue weighted by Gasteiger charge is -2.20. The first-order valence-electron chi connectivity index (χ1n) is 7.30. The molecule has 5 heteroatoms. The number of hydrogen-bond donors (Lipinski definition) is 1. The zero-order valence-electron chi connectivity index (χ0n) is 13.2. The van der Waals surface area contributed by atoms with Gasteiger partial charge in [-0.1, -0.05) is 24.3 Å². The highest BCUT2D eigenvalue weighted by molar-refractivity contribution is 5.76. The average molecular weight is 317 g/mol. The molecular formula is C18H20FNO3. The van der Waals surface area contributed by atoms with E-state index in [0.29, 0.717) is 12.1 Å². The molecule has 1 amide bonds. The first-order chi connectivity index (χ1) is 11.0. The Morgan fingerprint density at radius 2 is 2.00 bits per heavy atom. The van der Waals surface area contributed by atoms with Crippen molar-refractivity contribution in [1.29, 1.82) is 0 Å². The molecule has 4 nitrogen and oxygen atoms in total. The topological polar surface area (TPSA) is 49.8 Å². The number of aliphatic hydroxyl groups excluding tert-OH is 1. The molecule has 0 aliphatic carbocycles. The van der Waals surface area contributed by atoms with Crippen LogP contribution in [0.1, 0.15) is 23.7 Å². The molecule has 2 rings (SSSR count). The van der Waals surface area contributed by atoms with Gasteiger partial charge in [0.25, 0.3) is 0 Å². The molecule has 0 aliphatic heterocycles. The molecule has 1 N–H and O–H groups in total. The molecule has 0 aliphatic rings. The summed E-state index contributed by atoms with van der Waals surface area (Å²) >= 11 is 0. The van der Waals surface area contributed by atoms with Crippen molar-refractivity contribution in [3.8, 4) is 5.75 Å². The molecular weight excluding hydrogens is 297 g/mol. The van der Waals surface area contributed by atoms with Crippen molar-refractivity contribution < 1.29 is 19.0 Å². The van der Waals surface area contributed by atoms with Crippen LogP contribution >= 0.6 is 0 Å². The van der Waals surface area contributed by atoms with Crippen molar-refractivity contribution in [2.45, 2.75) is 19.1 Å². The zero-order chi connectivity index (χ0) is 16.8. The molecule has 0 heterocycles. The molecule has 2 aromatic carbocycles. The van der Waals surface area contributed by atoms with Crippen LogP contribution in [0.25, 0.3) is 0 Å². The SMILES string of the molecule is COc1cccc(CN(C)C(=O)C[C@@H](O)c2cccc(F)c2)c1. The molecule has 2 aromatic rings. The second kappa shape index (κ2) is 7.74. The van der Waals surface area contributed by atoms with E-state index in [0.717, 1.165) is 11.3 Å². The van der Waals surface area contributed by atoms with Crippen molar-refractivity contribution in [2.75, 3.05) is 14.2 Å². The summed E-state index contributed by atoms with van der Waals surface area (Å²) < 4.78 is 18.3. The van der Waals surface area contributed by atoms with Crippen molar-refractivity contribution in [2.24, 2.45) is 0 Å². The molecule has 0 radical (unpaired) electrons. The maximum absolute atomic E-state index is 13.2. The highest BCUT2D eigenvalue weighted by Gasteiger charge is 2.17. The van der Waals surface area contributed by atoms with E-state index >= 15 is 0 Å². The van der Waals surface area contributed by atoms with Crippen LogP contribution in [0.2, 0.25) is 0 Å². The number of benzene rings is 2. The predicted molar refractivity (Wildman–Crippen MR) is 85.4 cm³/mol. The summed E-state index contributed by atoms with van der Waals surface area (Å²) in [6.45, 7) is 0.409. The minimum absolute atomic E-state index is 0.0933. The Morgan fingerprint density at radius 3 is 2.70 bits per heavy atom. The van der Waals surface area contributed by atoms with Crippen molar-refractivity contribution in [3.63, 3.8) is 0 Å². The summed E-state index contributed by atoms with van der Waals surface area (Å²) in [5.74, 6) is 0.0754. The van der Waals surface area contributed by atoms with Gasteiger partial charge in [-0.25, -0.2) is 4.39 Å². The van der Waals surface area contributed by atoms with Gasteiger partial charge in [-0.2, -0.15) is 0 Å². The number of carbonyl (C=O) groups is 1. The van der Waals surface area contributed by atoms with E-state index in [4.69, 9.17) is 4.74 Å². The first-order valence-corrected chi connectivity index (χ1v) is 7.30. The lowest BCUT2D eigenvalue weighted by Crippen LogP contribution is -2.27. The number of hydrogen-bond acceptors (Lipinski definition) is 3. The molecule has 122 valence electrons. The number of halogens is 1. The van der Waals surface area contributed by atoms with Gasteiger partial charge < -0.3 is 14.7 Å². The van der Waals surface area contributed by atoms with E-state index in [2.05, 4.69) is 0 Å². The Kier molecular flexibility index (Phi) is 5.71. The number of methoxy groups -OCH3 is 1. The number of ether oxygens (including phenoxy) is 1. The van der Waals surface area contributed by atoms with Gasteiger partial charge in [-0.15, -0.1) is 0 Å². The fourth-order valence-corrected chi connectivity index (χ4v) is 2.29. The van der Waals surface area contributed by atoms with Gasteiger partial charge in [-0.05, 0) is 35.4 Å². The van der Waals surface area contributed by atoms with E-state index < -0.39 is 11.9 Å². The molecule has 23 heavy (non-hydrogen) atoms. The Balaban J connectivity index is 1.96. The average Bonchev–Trinajstić information content (AvgIpc) is 2.54. The Bertz CT molecular complexity index is 675. The third kappa shape index (κ3) is 4.79. The van der Waals surface area contributed by atoms with Crippen LogP contribution in [0.5, 0.6) is 5.75 Å². The Hall–Kier alpha value is -2.40. The highest BCUT2D eigenvalue weighted by Crippen LogP contribution is 2.19. The van der Waals surface area contributed by atoms with Gasteiger partial charge in [0, 0.05) is 13.6 Å². The van der Waals surface area contributed by atoms with Gasteiger partial charge in [0.15, 0.2) is 0 Å². The number of carbonyl (C=O) groups excluding carboxylic acids is 1. The van der Waals surface area contributed by atoms with Crippen LogP contribution in [-0.2, 0) is 11.3 Å². The number of aliphatic hydroxyl groups is 1. The Morgan fingerprint density at radius 1 is 1.26 bits per heavy atom. The second-order valence-electron chi connectivity index (χ2n) is 5.38. The normalized spacial score (nSPS) is 11.8. The minimum Gasteiger partial charge on any atom is -0.497 e. The van der Waals surface area contributed by atoms with Gasteiger partial charge in [-0.3, -0.25) is 4.79 Å². The van der Waals surface area contributed by atoms with Gasteiger partial charge in [0.2, 0.25) is 5.91 Å². The first kappa shape index (κ1) is 17.0. The molecule has 1 atom stereocenters. The van der Waals surface area contributed by atoms with E-state index in [-0.39, 0.29) is 12.3 Å². The second-order valence-corrected chi connectivity index (χ2v) is 5.38. The van der Waals surface area contributed by atoms with E-state index in [9.17, 15) is 14.3 Å². The van der Waals surface area contributed by atoms with Crippen LogP contribution in [-0.4, -0.2) is 30.1 Å². The fraction of sp³-hybridized carbons (Fsp3) is 0.278. The summed E-state index contributed by atoms with van der Waals surface area (Å²) in [6.07, 6.45) is -1.12. The summed E-state index contributed by atoms with van der Waals surface area (Å²) in [7, 11) is 3.25. The number of nitrogens with zero attached hydrogens (tertiary/aromatic N) is 1. The third-order valence-electron chi connectivity index (χ3n) is 3.58. The number of rotatable bonds is 6. The molecule has 0 spiro atoms. The summed E-state index contributed by atoms with van der Waals surface area (Å²) in [4.78, 5) is 13.7. The monoisotopic (exact) mass is 317 g/mol. The number of amides is 1. The third-order valence-corrected chi connectivity index (χ3v) is 3.58. The largest absolute Gasteiger partial charge is 0.497 e. The fourth-order valence-electron chi connectivity index (χ4n) is 2.29. The van der Waals surface area contributed by atoms with Crippen molar-refractivity contribution in [3.05, 3.63) is 65.5 Å². The van der Waals surface area contributed by atoms with Crippen LogP contribution in [0.15, 0.2) is 48.5 Å². The quantitative estimate of drug-likeness (QED) is 0.891. The predicted octanol–water partition coefficient (Wildman–Crippen LogP) is 2.92. The smallest absolute Gasteiger partial charge is 0.225 e. The van der Waals surface area contributed by atoms with Crippen molar-refractivity contribution in [1.82, 2.24) is 4.90 Å². The molecule has 0 saturated carbocycles. The van der Waals surface area contributed by atoms with E-state index in [1.165, 1.54) is 23.1 Å². The zero-order valence-corrected chi connectivity index (χ0v) is 13.2. The molecule has 0 fully saturated rings. The molecule has 0 unspecified atom stereocenters. The van der Waals surface area contributed by atoms with E-state index in [1.807, 2.05) is 24.3 Å². The minimum atomic E-state index is -1.02. The lowest BCUT2D eigenvalue weighted by molar-refractivity contribution is -0.132. The molecule has 0 bridgehead atoms. The summed E-state index contributed by atoms with van der Waals surface area (Å²) in [5, 5.41) is 10.1. The van der Waals surface area contributed by atoms with Crippen molar-refractivity contribution >= 4 is 5.91 Å². The maximum Gasteiger partial charge on any atom is 0.225 e. The van der Waals surface area contributed by atoms with Crippen LogP contribution in [0.3, 0.4) is 0 Å². The van der Waals surface area contributed by atoms with Gasteiger partial charge >= 0.3 is 0 Å². The van der Waals surface area contributed by atoms with Gasteiger partial charge in [0.05, 0.1) is 19.6 Å². The van der Waals surface area contributed by atoms with Crippen LogP contribution in [0, 0.1) is 5.82 Å². The van der Waals surface area contributed by atoms with E-state index in [1.54, 1.807) is 20.2 Å². The molecule has 0 aromatic heterocycles. The lowest BCUT2D eigenvalue weighted by atomic mass is 10.1. The van der Waals surface area contributed by atoms with Crippen LogP contribution < -0.4 is 4.74 Å². The Labute approximate surface area is 135 Å². The van der Waals surface area contributed by atoms with Crippen LogP contribution in [0.4, 0.5) is 4.39 Å². The molecule has 0 saturated heterocycles. The maximum atomic E-state index is 13.2. The summed E-state index contributed by atoms with van der Waals surface area (Å²) in [6, 6.07) is 13.1. The van der Waals surface area contributed by atoms with Gasteiger partial charge in [0.1, 0.15) is 11.6 Å². The standard InChI is InChI=1S/C18H20FNO3/c1-20(12-13-5-3-8-16(9-13)23-2)18(22)11-17(21)14-6-4-7-15(19)10-14/h3-10,17,21H,11-12H2,1-2H3/t17-/m1/s1. The summed E-state index contributed by atoms with van der Waals surface area (Å²) in [5.41, 5.74) is 1.33. The highest BCUT2D eigenvalue weighted by atomic mass is 19.1.